The van der Waals surface area contributed by atoms with E-state index in [1.165, 1.54) is 32.1 Å². The van der Waals surface area contributed by atoms with Gasteiger partial charge in [0.2, 0.25) is 5.88 Å². The number of rotatable bonds is 9. The van der Waals surface area contributed by atoms with Gasteiger partial charge in [0, 0.05) is 25.8 Å². The van der Waals surface area contributed by atoms with Crippen LogP contribution in [0.4, 0.5) is 0 Å². The van der Waals surface area contributed by atoms with Gasteiger partial charge in [-0.15, -0.1) is 24.0 Å². The van der Waals surface area contributed by atoms with Crippen molar-refractivity contribution in [3.63, 3.8) is 0 Å². The number of guanidine groups is 1. The molecule has 0 spiro atoms. The van der Waals surface area contributed by atoms with Crippen LogP contribution in [-0.4, -0.2) is 43.9 Å². The second-order valence-electron chi connectivity index (χ2n) is 6.28. The number of nitrogens with zero attached hydrogens (tertiary/aromatic N) is 2. The highest BCUT2D eigenvalue weighted by Crippen LogP contribution is 2.20. The molecule has 0 aliphatic heterocycles. The van der Waals surface area contributed by atoms with Gasteiger partial charge >= 0.3 is 0 Å². The van der Waals surface area contributed by atoms with Gasteiger partial charge in [-0.25, -0.2) is 9.98 Å². The number of nitrogens with one attached hydrogen (secondary N) is 2. The Kier molecular flexibility index (Phi) is 12.4. The molecule has 0 amide bonds. The molecule has 1 saturated carbocycles. The van der Waals surface area contributed by atoms with Gasteiger partial charge < -0.3 is 20.1 Å². The van der Waals surface area contributed by atoms with E-state index in [1.807, 2.05) is 18.2 Å². The Morgan fingerprint density at radius 1 is 1.23 bits per heavy atom. The Balaban J connectivity index is 0.00000338. The van der Waals surface area contributed by atoms with E-state index < -0.39 is 0 Å². The van der Waals surface area contributed by atoms with Crippen LogP contribution in [0.2, 0.25) is 0 Å². The fraction of sp³-hybridized carbons (Fsp3) is 0.684. The maximum atomic E-state index is 5.96. The van der Waals surface area contributed by atoms with E-state index in [4.69, 9.17) is 9.47 Å². The first-order chi connectivity index (χ1) is 12.3. The maximum absolute atomic E-state index is 5.96. The highest BCUT2D eigenvalue weighted by molar-refractivity contribution is 14.0. The predicted octanol–water partition coefficient (Wildman–Crippen LogP) is 3.50. The van der Waals surface area contributed by atoms with Crippen molar-refractivity contribution in [3.05, 3.63) is 23.9 Å². The van der Waals surface area contributed by atoms with Gasteiger partial charge in [0.1, 0.15) is 0 Å². The Morgan fingerprint density at radius 3 is 2.77 bits per heavy atom. The Morgan fingerprint density at radius 2 is 2.04 bits per heavy atom. The van der Waals surface area contributed by atoms with Gasteiger partial charge in [-0.1, -0.05) is 25.3 Å². The maximum Gasteiger partial charge on any atom is 0.213 e. The highest BCUT2D eigenvalue weighted by Gasteiger charge is 2.12. The Bertz CT molecular complexity index is 522. The molecular formula is C19H33IN4O2. The standard InChI is InChI=1S/C19H32N4O2.HI/c1-3-20-19(22-15-16-9-7-12-18(23-16)24-2)21-13-8-14-25-17-10-5-4-6-11-17;/h7,9,12,17H,3-6,8,10-11,13-15H2,1-2H3,(H2,20,21,22);1H. The summed E-state index contributed by atoms with van der Waals surface area (Å²) in [5, 5.41) is 6.62. The van der Waals surface area contributed by atoms with E-state index in [0.29, 0.717) is 18.5 Å². The van der Waals surface area contributed by atoms with Gasteiger partial charge in [0.15, 0.2) is 5.96 Å². The minimum absolute atomic E-state index is 0. The van der Waals surface area contributed by atoms with Crippen molar-refractivity contribution in [2.45, 2.75) is 58.1 Å². The van der Waals surface area contributed by atoms with Crippen LogP contribution in [0.3, 0.4) is 0 Å². The van der Waals surface area contributed by atoms with Crippen molar-refractivity contribution < 1.29 is 9.47 Å². The number of pyridine rings is 1. The highest BCUT2D eigenvalue weighted by atomic mass is 127. The smallest absolute Gasteiger partial charge is 0.213 e. The largest absolute Gasteiger partial charge is 0.481 e. The van der Waals surface area contributed by atoms with Gasteiger partial charge in [-0.3, -0.25) is 0 Å². The van der Waals surface area contributed by atoms with Crippen LogP contribution < -0.4 is 15.4 Å². The molecule has 1 fully saturated rings. The third-order valence-corrected chi connectivity index (χ3v) is 4.25. The first-order valence-electron chi connectivity index (χ1n) is 9.45. The topological polar surface area (TPSA) is 67.8 Å². The summed E-state index contributed by atoms with van der Waals surface area (Å²) in [7, 11) is 1.62. The van der Waals surface area contributed by atoms with Crippen molar-refractivity contribution in [1.82, 2.24) is 15.6 Å². The Hall–Kier alpha value is -1.09. The van der Waals surface area contributed by atoms with E-state index in [0.717, 1.165) is 37.8 Å². The first kappa shape index (κ1) is 23.0. The summed E-state index contributed by atoms with van der Waals surface area (Å²) in [6.45, 7) is 5.08. The third-order valence-electron chi connectivity index (χ3n) is 4.25. The number of hydrogen-bond acceptors (Lipinski definition) is 4. The monoisotopic (exact) mass is 476 g/mol. The lowest BCUT2D eigenvalue weighted by molar-refractivity contribution is 0.0277. The van der Waals surface area contributed by atoms with E-state index in [2.05, 4.69) is 27.5 Å². The van der Waals surface area contributed by atoms with Crippen LogP contribution in [0, 0.1) is 0 Å². The van der Waals surface area contributed by atoms with E-state index in [9.17, 15) is 0 Å². The van der Waals surface area contributed by atoms with Crippen molar-refractivity contribution in [2.24, 2.45) is 4.99 Å². The molecule has 0 unspecified atom stereocenters. The normalized spacial score (nSPS) is 15.2. The number of aromatic nitrogens is 1. The second-order valence-corrected chi connectivity index (χ2v) is 6.28. The molecular weight excluding hydrogens is 443 g/mol. The van der Waals surface area contributed by atoms with Crippen LogP contribution in [-0.2, 0) is 11.3 Å². The van der Waals surface area contributed by atoms with Crippen molar-refractivity contribution in [2.75, 3.05) is 26.8 Å². The number of methoxy groups -OCH3 is 1. The zero-order chi connectivity index (χ0) is 17.7. The molecule has 1 aliphatic carbocycles. The van der Waals surface area contributed by atoms with Crippen LogP contribution in [0.25, 0.3) is 0 Å². The summed E-state index contributed by atoms with van der Waals surface area (Å²) in [6, 6.07) is 5.72. The first-order valence-corrected chi connectivity index (χ1v) is 9.45. The van der Waals surface area contributed by atoms with Crippen molar-refractivity contribution in [1.29, 1.82) is 0 Å². The Labute approximate surface area is 174 Å². The molecule has 1 aromatic rings. The summed E-state index contributed by atoms with van der Waals surface area (Å²) in [5.41, 5.74) is 0.886. The lowest BCUT2D eigenvalue weighted by Gasteiger charge is -2.22. The van der Waals surface area contributed by atoms with Crippen LogP contribution in [0.15, 0.2) is 23.2 Å². The van der Waals surface area contributed by atoms with Crippen LogP contribution >= 0.6 is 24.0 Å². The molecule has 2 rings (SSSR count). The summed E-state index contributed by atoms with van der Waals surface area (Å²) < 4.78 is 11.1. The van der Waals surface area contributed by atoms with Crippen LogP contribution in [0.5, 0.6) is 5.88 Å². The summed E-state index contributed by atoms with van der Waals surface area (Å²) in [6.07, 6.45) is 7.92. The molecule has 0 radical (unpaired) electrons. The molecule has 2 N–H and O–H groups in total. The molecule has 0 saturated heterocycles. The molecule has 7 heteroatoms. The molecule has 0 bridgehead atoms. The average molecular weight is 476 g/mol. The minimum Gasteiger partial charge on any atom is -0.481 e. The molecule has 0 aromatic carbocycles. The SMILES string of the molecule is CCNC(=NCc1cccc(OC)n1)NCCCOC1CCCCC1.I. The minimum atomic E-state index is 0. The summed E-state index contributed by atoms with van der Waals surface area (Å²) >= 11 is 0. The number of aliphatic imine (C=N–C) groups is 1. The third kappa shape index (κ3) is 9.02. The lowest BCUT2D eigenvalue weighted by Crippen LogP contribution is -2.38. The zero-order valence-corrected chi connectivity index (χ0v) is 18.3. The number of hydrogen-bond donors (Lipinski definition) is 2. The molecule has 1 heterocycles. The molecule has 148 valence electrons. The van der Waals surface area contributed by atoms with Crippen molar-refractivity contribution >= 4 is 29.9 Å². The molecule has 1 aliphatic rings. The molecule has 0 atom stereocenters. The number of ether oxygens (including phenoxy) is 2. The summed E-state index contributed by atoms with van der Waals surface area (Å²) in [4.78, 5) is 8.96. The quantitative estimate of drug-likeness (QED) is 0.247. The molecule has 6 nitrogen and oxygen atoms in total. The van der Waals surface area contributed by atoms with Crippen molar-refractivity contribution in [3.8, 4) is 5.88 Å². The van der Waals surface area contributed by atoms with Gasteiger partial charge in [-0.2, -0.15) is 0 Å². The molecule has 1 aromatic heterocycles. The molecule has 26 heavy (non-hydrogen) atoms. The van der Waals surface area contributed by atoms with Gasteiger partial charge in [0.25, 0.3) is 0 Å². The van der Waals surface area contributed by atoms with E-state index in [1.54, 1.807) is 7.11 Å². The van der Waals surface area contributed by atoms with E-state index in [-0.39, 0.29) is 24.0 Å². The van der Waals surface area contributed by atoms with Gasteiger partial charge in [0.05, 0.1) is 25.5 Å². The summed E-state index contributed by atoms with van der Waals surface area (Å²) in [5.74, 6) is 1.43. The van der Waals surface area contributed by atoms with Crippen LogP contribution in [0.1, 0.15) is 51.1 Å². The van der Waals surface area contributed by atoms with E-state index >= 15 is 0 Å². The fourth-order valence-electron chi connectivity index (χ4n) is 2.92. The predicted molar refractivity (Wildman–Crippen MR) is 116 cm³/mol. The lowest BCUT2D eigenvalue weighted by atomic mass is 9.98. The second kappa shape index (κ2) is 14.0. The van der Waals surface area contributed by atoms with Gasteiger partial charge in [-0.05, 0) is 32.3 Å². The average Bonchev–Trinajstić information content (AvgIpc) is 2.66. The fourth-order valence-corrected chi connectivity index (χ4v) is 2.92. The number of halogens is 1. The zero-order valence-electron chi connectivity index (χ0n) is 16.0.